The zero-order chi connectivity index (χ0) is 16.8. The van der Waals surface area contributed by atoms with E-state index in [4.69, 9.17) is 28.6 Å². The summed E-state index contributed by atoms with van der Waals surface area (Å²) in [7, 11) is 1.61. The Kier molecular flexibility index (Phi) is 6.25. The third-order valence-corrected chi connectivity index (χ3v) is 4.20. The Bertz CT molecular complexity index is 690. The van der Waals surface area contributed by atoms with Gasteiger partial charge in [-0.05, 0) is 54.4 Å². The number of hydrogen-bond donors (Lipinski definition) is 2. The number of hydrogen-bond acceptors (Lipinski definition) is 2. The maximum absolute atomic E-state index is 6.04. The van der Waals surface area contributed by atoms with E-state index in [0.29, 0.717) is 21.8 Å². The number of thiocarbonyl (C=S) groups is 1. The van der Waals surface area contributed by atoms with E-state index in [1.807, 2.05) is 18.2 Å². The Balaban J connectivity index is 2.16. The van der Waals surface area contributed by atoms with Crippen LogP contribution in [0.4, 0.5) is 11.4 Å². The van der Waals surface area contributed by atoms with Gasteiger partial charge in [-0.2, -0.15) is 0 Å². The van der Waals surface area contributed by atoms with Crippen LogP contribution in [0.3, 0.4) is 0 Å². The number of rotatable bonds is 5. The van der Waals surface area contributed by atoms with Crippen LogP contribution in [0.15, 0.2) is 42.5 Å². The second kappa shape index (κ2) is 8.18. The molecule has 2 aromatic rings. The number of benzene rings is 2. The summed E-state index contributed by atoms with van der Waals surface area (Å²) >= 11 is 11.5. The van der Waals surface area contributed by atoms with Gasteiger partial charge in [-0.1, -0.05) is 43.6 Å². The highest BCUT2D eigenvalue weighted by molar-refractivity contribution is 7.80. The molecule has 5 heteroatoms. The number of para-hydroxylation sites is 1. The molecule has 2 N–H and O–H groups in total. The van der Waals surface area contributed by atoms with E-state index in [9.17, 15) is 0 Å². The molecule has 2 rings (SSSR count). The molecule has 1 atom stereocenters. The van der Waals surface area contributed by atoms with Gasteiger partial charge in [0.05, 0.1) is 12.8 Å². The van der Waals surface area contributed by atoms with E-state index in [1.54, 1.807) is 25.3 Å². The van der Waals surface area contributed by atoms with E-state index in [-0.39, 0.29) is 0 Å². The summed E-state index contributed by atoms with van der Waals surface area (Å²) in [5, 5.41) is 7.54. The highest BCUT2D eigenvalue weighted by atomic mass is 35.5. The molecule has 0 heterocycles. The molecule has 0 aliphatic heterocycles. The van der Waals surface area contributed by atoms with Crippen LogP contribution in [0.1, 0.15) is 31.7 Å². The fourth-order valence-corrected chi connectivity index (χ4v) is 2.71. The number of halogens is 1. The summed E-state index contributed by atoms with van der Waals surface area (Å²) in [5.74, 6) is 1.15. The lowest BCUT2D eigenvalue weighted by atomic mass is 9.97. The normalized spacial score (nSPS) is 11.7. The molecule has 122 valence electrons. The third-order valence-electron chi connectivity index (χ3n) is 3.76. The fraction of sp³-hybridized carbons (Fsp3) is 0.278. The van der Waals surface area contributed by atoms with Crippen molar-refractivity contribution in [1.82, 2.24) is 0 Å². The van der Waals surface area contributed by atoms with E-state index in [2.05, 4.69) is 30.5 Å². The molecule has 23 heavy (non-hydrogen) atoms. The Morgan fingerprint density at radius 3 is 2.57 bits per heavy atom. The zero-order valence-corrected chi connectivity index (χ0v) is 15.1. The van der Waals surface area contributed by atoms with E-state index < -0.39 is 0 Å². The molecule has 0 saturated carbocycles. The largest absolute Gasteiger partial charge is 0.495 e. The van der Waals surface area contributed by atoms with E-state index in [0.717, 1.165) is 17.8 Å². The van der Waals surface area contributed by atoms with Crippen LogP contribution >= 0.6 is 23.8 Å². The molecule has 0 bridgehead atoms. The highest BCUT2D eigenvalue weighted by Gasteiger charge is 2.11. The lowest BCUT2D eigenvalue weighted by Crippen LogP contribution is -2.20. The molecule has 0 aliphatic carbocycles. The van der Waals surface area contributed by atoms with Gasteiger partial charge in [0.2, 0.25) is 0 Å². The van der Waals surface area contributed by atoms with Crippen molar-refractivity contribution >= 4 is 40.3 Å². The van der Waals surface area contributed by atoms with Crippen LogP contribution in [0.2, 0.25) is 5.02 Å². The van der Waals surface area contributed by atoms with Crippen molar-refractivity contribution in [1.29, 1.82) is 0 Å². The van der Waals surface area contributed by atoms with Crippen LogP contribution in [0.5, 0.6) is 5.75 Å². The molecule has 0 spiro atoms. The molecule has 0 fully saturated rings. The van der Waals surface area contributed by atoms with Gasteiger partial charge in [0, 0.05) is 10.7 Å². The summed E-state index contributed by atoms with van der Waals surface area (Å²) in [6.45, 7) is 4.38. The first kappa shape index (κ1) is 17.6. The van der Waals surface area contributed by atoms with Gasteiger partial charge < -0.3 is 15.4 Å². The molecule has 0 aliphatic rings. The standard InChI is InChI=1S/C18H21ClN2OS/c1-4-12(2)14-7-5-6-8-15(14)20-18(23)21-16-11-13(19)9-10-17(16)22-3/h5-12H,4H2,1-3H3,(H2,20,21,23). The Morgan fingerprint density at radius 1 is 1.17 bits per heavy atom. The average Bonchev–Trinajstić information content (AvgIpc) is 2.55. The van der Waals surface area contributed by atoms with Crippen molar-refractivity contribution in [3.8, 4) is 5.75 Å². The SMILES string of the molecule is CCC(C)c1ccccc1NC(=S)Nc1cc(Cl)ccc1OC. The Hall–Kier alpha value is -1.78. The number of nitrogens with one attached hydrogen (secondary N) is 2. The van der Waals surface area contributed by atoms with Crippen molar-refractivity contribution in [2.75, 3.05) is 17.7 Å². The minimum Gasteiger partial charge on any atom is -0.495 e. The first-order valence-corrected chi connectivity index (χ1v) is 8.34. The number of ether oxygens (including phenoxy) is 1. The summed E-state index contributed by atoms with van der Waals surface area (Å²) in [5.41, 5.74) is 3.00. The van der Waals surface area contributed by atoms with Crippen molar-refractivity contribution in [2.45, 2.75) is 26.2 Å². The van der Waals surface area contributed by atoms with Crippen molar-refractivity contribution < 1.29 is 4.74 Å². The van der Waals surface area contributed by atoms with Crippen LogP contribution in [-0.4, -0.2) is 12.2 Å². The molecule has 0 saturated heterocycles. The molecule has 1 unspecified atom stereocenters. The van der Waals surface area contributed by atoms with E-state index >= 15 is 0 Å². The lowest BCUT2D eigenvalue weighted by molar-refractivity contribution is 0.417. The molecular weight excluding hydrogens is 328 g/mol. The predicted octanol–water partition coefficient (Wildman–Crippen LogP) is 5.67. The van der Waals surface area contributed by atoms with Crippen molar-refractivity contribution in [3.05, 3.63) is 53.1 Å². The van der Waals surface area contributed by atoms with Gasteiger partial charge in [0.1, 0.15) is 5.75 Å². The van der Waals surface area contributed by atoms with Crippen LogP contribution in [-0.2, 0) is 0 Å². The summed E-state index contributed by atoms with van der Waals surface area (Å²) < 4.78 is 5.32. The van der Waals surface area contributed by atoms with Crippen LogP contribution in [0, 0.1) is 0 Å². The maximum Gasteiger partial charge on any atom is 0.175 e. The number of anilines is 2. The zero-order valence-electron chi connectivity index (χ0n) is 13.5. The van der Waals surface area contributed by atoms with Gasteiger partial charge in [-0.25, -0.2) is 0 Å². The number of methoxy groups -OCH3 is 1. The highest BCUT2D eigenvalue weighted by Crippen LogP contribution is 2.29. The first-order valence-electron chi connectivity index (χ1n) is 7.55. The van der Waals surface area contributed by atoms with Crippen LogP contribution < -0.4 is 15.4 Å². The van der Waals surface area contributed by atoms with Crippen LogP contribution in [0.25, 0.3) is 0 Å². The van der Waals surface area contributed by atoms with Crippen molar-refractivity contribution in [2.24, 2.45) is 0 Å². The third kappa shape index (κ3) is 4.60. The molecular formula is C18H21ClN2OS. The van der Waals surface area contributed by atoms with Crippen molar-refractivity contribution in [3.63, 3.8) is 0 Å². The minimum absolute atomic E-state index is 0.460. The Morgan fingerprint density at radius 2 is 1.87 bits per heavy atom. The van der Waals surface area contributed by atoms with E-state index in [1.165, 1.54) is 5.56 Å². The molecule has 2 aromatic carbocycles. The first-order chi connectivity index (χ1) is 11.0. The topological polar surface area (TPSA) is 33.3 Å². The average molecular weight is 349 g/mol. The summed E-state index contributed by atoms with van der Waals surface area (Å²) in [4.78, 5) is 0. The second-order valence-electron chi connectivity index (χ2n) is 5.32. The molecule has 0 radical (unpaired) electrons. The second-order valence-corrected chi connectivity index (χ2v) is 6.16. The quantitative estimate of drug-likeness (QED) is 0.682. The van der Waals surface area contributed by atoms with Gasteiger partial charge in [-0.3, -0.25) is 0 Å². The molecule has 0 amide bonds. The summed E-state index contributed by atoms with van der Waals surface area (Å²) in [6, 6.07) is 13.6. The maximum atomic E-state index is 6.04. The summed E-state index contributed by atoms with van der Waals surface area (Å²) in [6.07, 6.45) is 1.07. The molecule has 0 aromatic heterocycles. The van der Waals surface area contributed by atoms with Gasteiger partial charge in [0.25, 0.3) is 0 Å². The fourth-order valence-electron chi connectivity index (χ4n) is 2.31. The van der Waals surface area contributed by atoms with Gasteiger partial charge >= 0.3 is 0 Å². The monoisotopic (exact) mass is 348 g/mol. The lowest BCUT2D eigenvalue weighted by Gasteiger charge is -2.18. The Labute approximate surface area is 148 Å². The molecule has 3 nitrogen and oxygen atoms in total. The smallest absolute Gasteiger partial charge is 0.175 e. The minimum atomic E-state index is 0.460. The van der Waals surface area contributed by atoms with Gasteiger partial charge in [0.15, 0.2) is 5.11 Å². The predicted molar refractivity (Wildman–Crippen MR) is 103 cm³/mol. The van der Waals surface area contributed by atoms with Gasteiger partial charge in [-0.15, -0.1) is 0 Å².